The van der Waals surface area contributed by atoms with Gasteiger partial charge >= 0.3 is 0 Å². The van der Waals surface area contributed by atoms with E-state index in [9.17, 15) is 8.78 Å². The molecule has 0 unspecified atom stereocenters. The van der Waals surface area contributed by atoms with Crippen LogP contribution in [0.2, 0.25) is 0 Å². The van der Waals surface area contributed by atoms with E-state index in [4.69, 9.17) is 11.6 Å². The van der Waals surface area contributed by atoms with Crippen LogP contribution in [0.5, 0.6) is 0 Å². The second-order valence-electron chi connectivity index (χ2n) is 4.88. The van der Waals surface area contributed by atoms with Crippen LogP contribution in [0.4, 0.5) is 14.5 Å². The monoisotopic (exact) mass is 273 g/mol. The largest absolute Gasteiger partial charge is 0.367 e. The summed E-state index contributed by atoms with van der Waals surface area (Å²) in [7, 11) is 0. The average Bonchev–Trinajstić information content (AvgIpc) is 2.29. The predicted octanol–water partition coefficient (Wildman–Crippen LogP) is 4.33. The molecular formula is C14H18ClF2N. The first kappa shape index (κ1) is 13.6. The molecule has 0 amide bonds. The summed E-state index contributed by atoms with van der Waals surface area (Å²) in [5.74, 6) is -0.307. The molecule has 0 aromatic heterocycles. The molecule has 2 rings (SSSR count). The molecule has 0 atom stereocenters. The maximum atomic E-state index is 14.0. The number of halogens is 3. The molecule has 0 heterocycles. The standard InChI is InChI=1S/C14H18ClF2N/c1-2-18(9-10-4-3-5-10)14-12(16)6-11(8-15)7-13(14)17/h6-7,10H,2-5,8-9H2,1H3. The van der Waals surface area contributed by atoms with Crippen molar-refractivity contribution in [1.29, 1.82) is 0 Å². The van der Waals surface area contributed by atoms with Crippen LogP contribution < -0.4 is 4.90 Å². The van der Waals surface area contributed by atoms with Gasteiger partial charge in [0.25, 0.3) is 0 Å². The van der Waals surface area contributed by atoms with Gasteiger partial charge in [-0.1, -0.05) is 6.42 Å². The molecule has 0 radical (unpaired) electrons. The van der Waals surface area contributed by atoms with Gasteiger partial charge in [-0.25, -0.2) is 8.78 Å². The molecule has 1 aromatic carbocycles. The summed E-state index contributed by atoms with van der Waals surface area (Å²) in [5.41, 5.74) is 0.577. The van der Waals surface area contributed by atoms with Crippen LogP contribution in [-0.4, -0.2) is 13.1 Å². The van der Waals surface area contributed by atoms with Crippen molar-refractivity contribution < 1.29 is 8.78 Å². The van der Waals surface area contributed by atoms with E-state index in [0.29, 0.717) is 18.0 Å². The normalized spacial score (nSPS) is 15.6. The minimum Gasteiger partial charge on any atom is -0.367 e. The fraction of sp³-hybridized carbons (Fsp3) is 0.571. The van der Waals surface area contributed by atoms with Gasteiger partial charge in [-0.05, 0) is 43.4 Å². The highest BCUT2D eigenvalue weighted by atomic mass is 35.5. The van der Waals surface area contributed by atoms with E-state index in [1.165, 1.54) is 31.4 Å². The highest BCUT2D eigenvalue weighted by molar-refractivity contribution is 6.17. The summed E-state index contributed by atoms with van der Waals surface area (Å²) >= 11 is 5.61. The maximum absolute atomic E-state index is 14.0. The third kappa shape index (κ3) is 2.77. The zero-order valence-electron chi connectivity index (χ0n) is 10.6. The summed E-state index contributed by atoms with van der Waals surface area (Å²) in [4.78, 5) is 1.80. The van der Waals surface area contributed by atoms with E-state index in [-0.39, 0.29) is 11.6 Å². The lowest BCUT2D eigenvalue weighted by molar-refractivity contribution is 0.317. The highest BCUT2D eigenvalue weighted by Gasteiger charge is 2.23. The second-order valence-corrected chi connectivity index (χ2v) is 5.14. The van der Waals surface area contributed by atoms with Crippen molar-refractivity contribution in [3.8, 4) is 0 Å². The molecule has 1 nitrogen and oxygen atoms in total. The number of nitrogens with zero attached hydrogens (tertiary/aromatic N) is 1. The molecule has 1 aromatic rings. The van der Waals surface area contributed by atoms with Crippen LogP contribution in [0.25, 0.3) is 0 Å². The number of hydrogen-bond acceptors (Lipinski definition) is 1. The molecule has 1 saturated carbocycles. The molecule has 1 aliphatic carbocycles. The van der Waals surface area contributed by atoms with Gasteiger partial charge in [-0.15, -0.1) is 11.6 Å². The number of rotatable bonds is 5. The fourth-order valence-corrected chi connectivity index (χ4v) is 2.52. The fourth-order valence-electron chi connectivity index (χ4n) is 2.36. The summed E-state index contributed by atoms with van der Waals surface area (Å²) in [5, 5.41) is 0. The minimum absolute atomic E-state index is 0.0956. The minimum atomic E-state index is -0.508. The van der Waals surface area contributed by atoms with Gasteiger partial charge in [0.1, 0.15) is 17.3 Å². The van der Waals surface area contributed by atoms with Crippen LogP contribution in [0.1, 0.15) is 31.7 Å². The quantitative estimate of drug-likeness (QED) is 0.722. The van der Waals surface area contributed by atoms with Gasteiger partial charge in [-0.2, -0.15) is 0 Å². The lowest BCUT2D eigenvalue weighted by Crippen LogP contribution is -2.33. The van der Waals surface area contributed by atoms with Gasteiger partial charge in [0, 0.05) is 19.0 Å². The first-order valence-electron chi connectivity index (χ1n) is 6.44. The number of alkyl halides is 1. The topological polar surface area (TPSA) is 3.24 Å². The molecule has 18 heavy (non-hydrogen) atoms. The molecule has 0 bridgehead atoms. The Hall–Kier alpha value is -0.830. The third-order valence-electron chi connectivity index (χ3n) is 3.63. The van der Waals surface area contributed by atoms with E-state index in [2.05, 4.69) is 0 Å². The van der Waals surface area contributed by atoms with E-state index in [1.54, 1.807) is 4.90 Å². The maximum Gasteiger partial charge on any atom is 0.149 e. The summed E-state index contributed by atoms with van der Waals surface area (Å²) < 4.78 is 27.9. The van der Waals surface area contributed by atoms with Gasteiger partial charge in [0.2, 0.25) is 0 Å². The Morgan fingerprint density at radius 3 is 2.28 bits per heavy atom. The van der Waals surface area contributed by atoms with E-state index < -0.39 is 11.6 Å². The Morgan fingerprint density at radius 2 is 1.89 bits per heavy atom. The molecule has 0 saturated heterocycles. The van der Waals surface area contributed by atoms with Crippen LogP contribution in [0.15, 0.2) is 12.1 Å². The van der Waals surface area contributed by atoms with Crippen LogP contribution in [-0.2, 0) is 5.88 Å². The molecule has 1 fully saturated rings. The zero-order chi connectivity index (χ0) is 13.1. The van der Waals surface area contributed by atoms with Crippen LogP contribution in [0.3, 0.4) is 0 Å². The number of anilines is 1. The van der Waals surface area contributed by atoms with Crippen LogP contribution >= 0.6 is 11.6 Å². The first-order valence-corrected chi connectivity index (χ1v) is 6.98. The van der Waals surface area contributed by atoms with Gasteiger partial charge in [0.15, 0.2) is 0 Å². The smallest absolute Gasteiger partial charge is 0.149 e. The third-order valence-corrected chi connectivity index (χ3v) is 3.94. The van der Waals surface area contributed by atoms with Gasteiger partial charge < -0.3 is 4.90 Å². The van der Waals surface area contributed by atoms with E-state index >= 15 is 0 Å². The molecule has 1 aliphatic rings. The summed E-state index contributed by atoms with van der Waals surface area (Å²) in [6, 6.07) is 2.66. The van der Waals surface area contributed by atoms with Crippen molar-refractivity contribution >= 4 is 17.3 Å². The Balaban J connectivity index is 2.23. The van der Waals surface area contributed by atoms with Gasteiger partial charge in [-0.3, -0.25) is 0 Å². The zero-order valence-corrected chi connectivity index (χ0v) is 11.3. The van der Waals surface area contributed by atoms with Crippen molar-refractivity contribution in [2.75, 3.05) is 18.0 Å². The SMILES string of the molecule is CCN(CC1CCC1)c1c(F)cc(CCl)cc1F. The van der Waals surface area contributed by atoms with Crippen molar-refractivity contribution in [2.24, 2.45) is 5.92 Å². The predicted molar refractivity (Wildman–Crippen MR) is 71.1 cm³/mol. The Labute approximate surface area is 112 Å². The molecular weight excluding hydrogens is 256 g/mol. The summed E-state index contributed by atoms with van der Waals surface area (Å²) in [6.07, 6.45) is 3.57. The van der Waals surface area contributed by atoms with Crippen molar-refractivity contribution in [3.63, 3.8) is 0 Å². The van der Waals surface area contributed by atoms with E-state index in [0.717, 1.165) is 6.54 Å². The average molecular weight is 274 g/mol. The molecule has 0 spiro atoms. The van der Waals surface area contributed by atoms with Crippen molar-refractivity contribution in [3.05, 3.63) is 29.3 Å². The van der Waals surface area contributed by atoms with Crippen molar-refractivity contribution in [1.82, 2.24) is 0 Å². The molecule has 0 N–H and O–H groups in total. The Morgan fingerprint density at radius 1 is 1.28 bits per heavy atom. The lowest BCUT2D eigenvalue weighted by atomic mass is 9.85. The molecule has 0 aliphatic heterocycles. The van der Waals surface area contributed by atoms with Crippen LogP contribution in [0, 0.1) is 17.6 Å². The Bertz CT molecular complexity index is 395. The lowest BCUT2D eigenvalue weighted by Gasteiger charge is -2.33. The highest BCUT2D eigenvalue weighted by Crippen LogP contribution is 2.31. The van der Waals surface area contributed by atoms with Crippen molar-refractivity contribution in [2.45, 2.75) is 32.1 Å². The molecule has 100 valence electrons. The summed E-state index contributed by atoms with van der Waals surface area (Å²) in [6.45, 7) is 3.28. The first-order chi connectivity index (χ1) is 8.65. The second kappa shape index (κ2) is 5.87. The van der Waals surface area contributed by atoms with E-state index in [1.807, 2.05) is 6.92 Å². The van der Waals surface area contributed by atoms with Gasteiger partial charge in [0.05, 0.1) is 0 Å². The number of hydrogen-bond donors (Lipinski definition) is 0. The Kier molecular flexibility index (Phi) is 4.44. The molecule has 4 heteroatoms. The number of benzene rings is 1.